The predicted molar refractivity (Wildman–Crippen MR) is 230 cm³/mol. The molecule has 0 N–H and O–H groups in total. The van der Waals surface area contributed by atoms with Gasteiger partial charge < -0.3 is 13.4 Å². The smallest absolute Gasteiger partial charge is 0.164 e. The quantitative estimate of drug-likeness (QED) is 0.175. The molecule has 266 valence electrons. The van der Waals surface area contributed by atoms with Crippen LogP contribution in [0.25, 0.3) is 117 Å². The minimum atomic E-state index is -1.12. The van der Waals surface area contributed by atoms with E-state index in [1.807, 2.05) is 0 Å². The first-order chi connectivity index (χ1) is 40.7. The van der Waals surface area contributed by atoms with Crippen LogP contribution in [0.15, 0.2) is 190 Å². The van der Waals surface area contributed by atoms with Crippen molar-refractivity contribution in [3.63, 3.8) is 0 Å². The van der Waals surface area contributed by atoms with Crippen LogP contribution in [0.1, 0.15) is 41.1 Å². The number of benzene rings is 8. The monoisotopic (exact) mass is 760 g/mol. The van der Waals surface area contributed by atoms with E-state index in [-0.39, 0.29) is 10.8 Å². The van der Waals surface area contributed by atoms with Crippen LogP contribution in [0.2, 0.25) is 0 Å². The van der Waals surface area contributed by atoms with E-state index in [1.165, 1.54) is 0 Å². The van der Waals surface area contributed by atoms with Crippen molar-refractivity contribution in [3.8, 4) is 51.0 Å². The van der Waals surface area contributed by atoms with E-state index in [0.29, 0.717) is 0 Å². The Labute approximate surface area is 368 Å². The average Bonchev–Trinajstić information content (AvgIpc) is 1.57. The number of para-hydroxylation sites is 3. The van der Waals surface area contributed by atoms with Crippen molar-refractivity contribution in [2.24, 2.45) is 0 Å². The molecule has 12 aromatic rings. The summed E-state index contributed by atoms with van der Waals surface area (Å²) in [7, 11) is 0. The predicted octanol–water partition coefficient (Wildman–Crippen LogP) is 13.4. The third-order valence-electron chi connectivity index (χ3n) is 8.87. The van der Waals surface area contributed by atoms with Gasteiger partial charge in [-0.15, -0.1) is 0 Å². The molecular weight excluding hydrogens is 701 g/mol. The molecule has 0 atom stereocenters. The van der Waals surface area contributed by atoms with Crippen molar-refractivity contribution in [2.75, 3.05) is 0 Å². The Bertz CT molecular complexity index is 5250. The maximum absolute atomic E-state index is 9.68. The standard InChI is InChI=1S/C51H30N4O2/c1-2-11-31(12-3-1)33-13-10-14-34(29-33)50-52-49(53-51(54-50)35-23-26-39-37-15-5-8-19-44(37)56-46(39)30-35)32-21-24-36(25-22-32)55-42-18-7-4-17-41(42)47-43(55)28-27-40-38-16-6-9-20-45(38)57-48(40)47/h1-30H/i1D,2D,3D,4D,5D,6D,7D,8D,9D,10D,11D,12D,13D,14D,15D,16D,17D,18D,19D,20D,21D,22D,23D,24D,25D,26D,27D,28D,29D,30D. The van der Waals surface area contributed by atoms with Crippen LogP contribution in [0.5, 0.6) is 0 Å². The van der Waals surface area contributed by atoms with Crippen molar-refractivity contribution in [1.29, 1.82) is 0 Å². The van der Waals surface area contributed by atoms with Crippen LogP contribution < -0.4 is 0 Å². The minimum absolute atomic E-state index is 0.362. The first kappa shape index (κ1) is 14.0. The summed E-state index contributed by atoms with van der Waals surface area (Å²) in [6.07, 6.45) is 0. The summed E-state index contributed by atoms with van der Waals surface area (Å²) in [5.41, 5.74) is -8.38. The molecule has 0 saturated carbocycles. The maximum atomic E-state index is 9.68. The van der Waals surface area contributed by atoms with Crippen molar-refractivity contribution >= 4 is 65.7 Å². The van der Waals surface area contributed by atoms with Gasteiger partial charge in [-0.1, -0.05) is 109 Å². The average molecular weight is 761 g/mol. The molecule has 0 aliphatic rings. The number of rotatable bonds is 5. The van der Waals surface area contributed by atoms with Crippen LogP contribution in [-0.2, 0) is 0 Å². The zero-order valence-electron chi connectivity index (χ0n) is 58.1. The highest BCUT2D eigenvalue weighted by molar-refractivity contribution is 6.23. The second-order valence-corrected chi connectivity index (χ2v) is 12.1. The summed E-state index contributed by atoms with van der Waals surface area (Å²) in [6.45, 7) is 0. The third kappa shape index (κ3) is 5.01. The van der Waals surface area contributed by atoms with E-state index < -0.39 is 287 Å². The topological polar surface area (TPSA) is 69.9 Å². The molecule has 8 aromatic carbocycles. The highest BCUT2D eigenvalue weighted by Gasteiger charge is 2.20. The number of furan rings is 2. The first-order valence-corrected chi connectivity index (χ1v) is 16.6. The molecule has 57 heavy (non-hydrogen) atoms. The van der Waals surface area contributed by atoms with Crippen LogP contribution in [-0.4, -0.2) is 19.5 Å². The Morgan fingerprint density at radius 2 is 0.930 bits per heavy atom. The Morgan fingerprint density at radius 1 is 0.368 bits per heavy atom. The Hall–Kier alpha value is -7.83. The van der Waals surface area contributed by atoms with E-state index in [1.54, 1.807) is 0 Å². The van der Waals surface area contributed by atoms with Crippen molar-refractivity contribution < 1.29 is 50.0 Å². The van der Waals surface area contributed by atoms with Crippen molar-refractivity contribution in [3.05, 3.63) is 181 Å². The van der Waals surface area contributed by atoms with Gasteiger partial charge in [0.25, 0.3) is 0 Å². The Morgan fingerprint density at radius 3 is 1.72 bits per heavy atom. The van der Waals surface area contributed by atoms with Gasteiger partial charge in [-0.3, -0.25) is 0 Å². The molecule has 0 saturated heterocycles. The van der Waals surface area contributed by atoms with Crippen LogP contribution in [0, 0.1) is 0 Å². The highest BCUT2D eigenvalue weighted by Crippen LogP contribution is 2.41. The fourth-order valence-electron chi connectivity index (χ4n) is 6.40. The summed E-state index contributed by atoms with van der Waals surface area (Å²) >= 11 is 0. The number of fused-ring (bicyclic) bond motifs is 10. The zero-order chi connectivity index (χ0) is 63.6. The highest BCUT2D eigenvalue weighted by atomic mass is 16.3. The maximum Gasteiger partial charge on any atom is 0.164 e. The van der Waals surface area contributed by atoms with Crippen LogP contribution >= 0.6 is 0 Å². The normalized spacial score (nSPS) is 19.2. The van der Waals surface area contributed by atoms with E-state index in [2.05, 4.69) is 15.0 Å². The molecule has 0 unspecified atom stereocenters. The van der Waals surface area contributed by atoms with Gasteiger partial charge in [-0.05, 0) is 83.6 Å². The SMILES string of the molecule is [2H]c1c([2H])c([2H])c(-c2c([2H])c([2H])c([2H])c(-c3nc(-c4c([2H])c([2H])c(-n5c6c([2H])c([2H])c([2H])c([2H])c6c6c7oc8c([2H])c([2H])c([2H])c([2H])c8c7c([2H])c([2H])c65)c([2H])c4[2H])nc(-c4c([2H])c([2H])c5c(oc6c([2H])c([2H])c([2H])c([2H])c65)c4[2H])n3)c2[2H])c([2H])c1[2H]. The van der Waals surface area contributed by atoms with Gasteiger partial charge >= 0.3 is 0 Å². The summed E-state index contributed by atoms with van der Waals surface area (Å²) in [6, 6.07) is -26.8. The van der Waals surface area contributed by atoms with Gasteiger partial charge in [0.05, 0.1) is 57.5 Å². The molecule has 0 spiro atoms. The lowest BCUT2D eigenvalue weighted by molar-refractivity contribution is 0.669. The molecule has 0 radical (unpaired) electrons. The zero-order valence-corrected chi connectivity index (χ0v) is 28.1. The van der Waals surface area contributed by atoms with Gasteiger partial charge in [0.15, 0.2) is 17.5 Å². The number of aromatic nitrogens is 4. The lowest BCUT2D eigenvalue weighted by Crippen LogP contribution is -2.01. The van der Waals surface area contributed by atoms with E-state index in [4.69, 9.17) is 34.9 Å². The molecule has 0 bridgehead atoms. The summed E-state index contributed by atoms with van der Waals surface area (Å²) in [4.78, 5) is 13.1. The van der Waals surface area contributed by atoms with Crippen molar-refractivity contribution in [1.82, 2.24) is 19.5 Å². The van der Waals surface area contributed by atoms with Crippen LogP contribution in [0.4, 0.5) is 0 Å². The molecular formula is C51H30N4O2. The molecule has 0 aliphatic carbocycles. The number of hydrogen-bond acceptors (Lipinski definition) is 5. The van der Waals surface area contributed by atoms with Crippen LogP contribution in [0.3, 0.4) is 0 Å². The number of nitrogens with zero attached hydrogens (tertiary/aromatic N) is 4. The molecule has 0 fully saturated rings. The van der Waals surface area contributed by atoms with E-state index in [0.717, 1.165) is 4.57 Å². The molecule has 6 heteroatoms. The second-order valence-electron chi connectivity index (χ2n) is 12.1. The fraction of sp³-hybridized carbons (Fsp3) is 0. The van der Waals surface area contributed by atoms with E-state index in [9.17, 15) is 15.1 Å². The molecule has 0 aliphatic heterocycles. The largest absolute Gasteiger partial charge is 0.456 e. The minimum Gasteiger partial charge on any atom is -0.456 e. The van der Waals surface area contributed by atoms with Gasteiger partial charge in [-0.2, -0.15) is 0 Å². The molecule has 4 heterocycles. The Kier molecular flexibility index (Phi) is 3.04. The van der Waals surface area contributed by atoms with Gasteiger partial charge in [0, 0.05) is 49.3 Å². The Balaban J connectivity index is 1.21. The summed E-state index contributed by atoms with van der Waals surface area (Å²) in [5, 5.41) is -2.46. The van der Waals surface area contributed by atoms with Crippen molar-refractivity contribution in [2.45, 2.75) is 0 Å². The summed E-state index contributed by atoms with van der Waals surface area (Å²) in [5.74, 6) is -2.84. The van der Waals surface area contributed by atoms with Gasteiger partial charge in [-0.25, -0.2) is 15.0 Å². The fourth-order valence-corrected chi connectivity index (χ4v) is 6.40. The molecule has 4 aromatic heterocycles. The molecule has 12 rings (SSSR count). The lowest BCUT2D eigenvalue weighted by atomic mass is 10.0. The summed E-state index contributed by atoms with van der Waals surface area (Å²) < 4.78 is 280. The second kappa shape index (κ2) is 12.3. The number of hydrogen-bond donors (Lipinski definition) is 0. The van der Waals surface area contributed by atoms with E-state index >= 15 is 0 Å². The van der Waals surface area contributed by atoms with Gasteiger partial charge in [0.2, 0.25) is 0 Å². The van der Waals surface area contributed by atoms with Gasteiger partial charge in [0.1, 0.15) is 22.3 Å². The lowest BCUT2D eigenvalue weighted by Gasteiger charge is -2.11. The molecule has 0 amide bonds. The first-order valence-electron chi connectivity index (χ1n) is 31.6. The molecule has 6 nitrogen and oxygen atoms in total. The third-order valence-corrected chi connectivity index (χ3v) is 8.87.